The molecule has 0 spiro atoms. The van der Waals surface area contributed by atoms with E-state index in [0.29, 0.717) is 5.69 Å². The number of aromatic nitrogens is 1. The molecule has 0 saturated heterocycles. The van der Waals surface area contributed by atoms with Crippen molar-refractivity contribution in [3.05, 3.63) is 58.4 Å². The monoisotopic (exact) mass is 352 g/mol. The number of carbonyl (C=O) groups is 1. The molecular weight excluding hydrogens is 338 g/mol. The lowest BCUT2D eigenvalue weighted by Crippen LogP contribution is -2.34. The molecule has 126 valence electrons. The minimum atomic E-state index is -3.70. The standard InChI is InChI=1S/C17H15ClF2N2O2/c1-16(2,24)11-6-4-7-12-14(11)17(19,20)15(23)22(12)9-10-5-3-8-13(18)21-10/h3-8,24H,9H2,1-2H3. The number of halogens is 3. The molecule has 1 N–H and O–H groups in total. The lowest BCUT2D eigenvalue weighted by molar-refractivity contribution is -0.142. The van der Waals surface area contributed by atoms with Gasteiger partial charge in [-0.1, -0.05) is 29.8 Å². The van der Waals surface area contributed by atoms with E-state index in [0.717, 1.165) is 4.90 Å². The molecule has 2 heterocycles. The van der Waals surface area contributed by atoms with Crippen LogP contribution in [0.1, 0.15) is 30.7 Å². The predicted octanol–water partition coefficient (Wildman–Crippen LogP) is 3.60. The zero-order chi connectivity index (χ0) is 17.7. The van der Waals surface area contributed by atoms with E-state index in [2.05, 4.69) is 4.98 Å². The number of rotatable bonds is 3. The van der Waals surface area contributed by atoms with Gasteiger partial charge in [-0.05, 0) is 37.6 Å². The largest absolute Gasteiger partial charge is 0.386 e. The van der Waals surface area contributed by atoms with Crippen LogP contribution in [0.3, 0.4) is 0 Å². The van der Waals surface area contributed by atoms with E-state index >= 15 is 0 Å². The van der Waals surface area contributed by atoms with Gasteiger partial charge in [-0.2, -0.15) is 8.78 Å². The molecule has 1 aromatic carbocycles. The lowest BCUT2D eigenvalue weighted by atomic mass is 9.90. The fourth-order valence-electron chi connectivity index (χ4n) is 2.85. The number of fused-ring (bicyclic) bond motifs is 1. The Morgan fingerprint density at radius 1 is 1.25 bits per heavy atom. The van der Waals surface area contributed by atoms with Crippen LogP contribution in [0.25, 0.3) is 0 Å². The van der Waals surface area contributed by atoms with Crippen LogP contribution in [0.5, 0.6) is 0 Å². The maximum Gasteiger partial charge on any atom is 0.352 e. The first kappa shape index (κ1) is 16.8. The van der Waals surface area contributed by atoms with Crippen LogP contribution < -0.4 is 4.90 Å². The predicted molar refractivity (Wildman–Crippen MR) is 86.0 cm³/mol. The van der Waals surface area contributed by atoms with Crippen molar-refractivity contribution < 1.29 is 18.7 Å². The van der Waals surface area contributed by atoms with E-state index in [4.69, 9.17) is 11.6 Å². The average Bonchev–Trinajstić information content (AvgIpc) is 2.68. The van der Waals surface area contributed by atoms with Gasteiger partial charge >= 0.3 is 11.8 Å². The molecule has 0 atom stereocenters. The summed E-state index contributed by atoms with van der Waals surface area (Å²) < 4.78 is 29.2. The number of nitrogens with zero attached hydrogens (tertiary/aromatic N) is 2. The molecule has 1 amide bonds. The van der Waals surface area contributed by atoms with Gasteiger partial charge in [-0.3, -0.25) is 4.79 Å². The first-order chi connectivity index (χ1) is 11.1. The second-order valence-electron chi connectivity index (χ2n) is 6.18. The van der Waals surface area contributed by atoms with Gasteiger partial charge in [0.1, 0.15) is 5.15 Å². The normalized spacial score (nSPS) is 16.4. The molecule has 0 bridgehead atoms. The van der Waals surface area contributed by atoms with Crippen molar-refractivity contribution in [2.24, 2.45) is 0 Å². The van der Waals surface area contributed by atoms with Crippen LogP contribution in [0, 0.1) is 0 Å². The molecular formula is C17H15ClF2N2O2. The van der Waals surface area contributed by atoms with Gasteiger partial charge in [0.2, 0.25) is 0 Å². The van der Waals surface area contributed by atoms with Gasteiger partial charge in [-0.25, -0.2) is 4.98 Å². The second-order valence-corrected chi connectivity index (χ2v) is 6.56. The van der Waals surface area contributed by atoms with E-state index < -0.39 is 23.0 Å². The third-order valence-electron chi connectivity index (χ3n) is 3.91. The molecule has 24 heavy (non-hydrogen) atoms. The van der Waals surface area contributed by atoms with E-state index in [9.17, 15) is 18.7 Å². The molecule has 0 radical (unpaired) electrons. The van der Waals surface area contributed by atoms with Gasteiger partial charge in [0.05, 0.1) is 29.1 Å². The minimum absolute atomic E-state index is 0.0277. The van der Waals surface area contributed by atoms with Crippen LogP contribution >= 0.6 is 11.6 Å². The minimum Gasteiger partial charge on any atom is -0.386 e. The van der Waals surface area contributed by atoms with Crippen LogP contribution in [0.2, 0.25) is 5.15 Å². The van der Waals surface area contributed by atoms with Gasteiger partial charge in [0.25, 0.3) is 0 Å². The van der Waals surface area contributed by atoms with Crippen molar-refractivity contribution in [1.29, 1.82) is 0 Å². The number of amides is 1. The zero-order valence-electron chi connectivity index (χ0n) is 13.1. The van der Waals surface area contributed by atoms with Crippen LogP contribution in [-0.4, -0.2) is 16.0 Å². The van der Waals surface area contributed by atoms with Crippen molar-refractivity contribution in [3.8, 4) is 0 Å². The second kappa shape index (κ2) is 5.50. The number of pyridine rings is 1. The highest BCUT2D eigenvalue weighted by Gasteiger charge is 2.55. The van der Waals surface area contributed by atoms with Gasteiger partial charge in [0.15, 0.2) is 0 Å². The fourth-order valence-corrected chi connectivity index (χ4v) is 3.03. The Morgan fingerprint density at radius 3 is 2.54 bits per heavy atom. The Morgan fingerprint density at radius 2 is 1.92 bits per heavy atom. The number of hydrogen-bond donors (Lipinski definition) is 1. The molecule has 3 rings (SSSR count). The van der Waals surface area contributed by atoms with Gasteiger partial charge in [0, 0.05) is 0 Å². The highest BCUT2D eigenvalue weighted by molar-refractivity contribution is 6.29. The molecule has 0 saturated carbocycles. The van der Waals surface area contributed by atoms with Crippen molar-refractivity contribution in [2.45, 2.75) is 31.9 Å². The Balaban J connectivity index is 2.11. The van der Waals surface area contributed by atoms with Gasteiger partial charge < -0.3 is 10.0 Å². The molecule has 0 fully saturated rings. The molecule has 1 aromatic heterocycles. The lowest BCUT2D eigenvalue weighted by Gasteiger charge is -2.23. The van der Waals surface area contributed by atoms with E-state index in [1.54, 1.807) is 24.3 Å². The maximum atomic E-state index is 14.6. The Hall–Kier alpha value is -2.05. The summed E-state index contributed by atoms with van der Waals surface area (Å²) in [6.45, 7) is 2.69. The van der Waals surface area contributed by atoms with Crippen molar-refractivity contribution in [1.82, 2.24) is 4.98 Å². The Labute approximate surface area is 142 Å². The van der Waals surface area contributed by atoms with Crippen molar-refractivity contribution in [2.75, 3.05) is 4.90 Å². The number of benzene rings is 1. The summed E-state index contributed by atoms with van der Waals surface area (Å²) in [6.07, 6.45) is 0. The summed E-state index contributed by atoms with van der Waals surface area (Å²) >= 11 is 5.81. The van der Waals surface area contributed by atoms with Gasteiger partial charge in [-0.15, -0.1) is 0 Å². The van der Waals surface area contributed by atoms with Crippen molar-refractivity contribution >= 4 is 23.2 Å². The quantitative estimate of drug-likeness (QED) is 0.859. The molecule has 1 aliphatic rings. The highest BCUT2D eigenvalue weighted by Crippen LogP contribution is 2.48. The average molecular weight is 353 g/mol. The zero-order valence-corrected chi connectivity index (χ0v) is 13.8. The summed E-state index contributed by atoms with van der Waals surface area (Å²) in [6, 6.07) is 9.19. The molecule has 0 unspecified atom stereocenters. The fraction of sp³-hybridized carbons (Fsp3) is 0.294. The molecule has 7 heteroatoms. The number of anilines is 1. The molecule has 1 aliphatic heterocycles. The third kappa shape index (κ3) is 2.65. The van der Waals surface area contributed by atoms with E-state index in [1.807, 2.05) is 0 Å². The highest BCUT2D eigenvalue weighted by atomic mass is 35.5. The van der Waals surface area contributed by atoms with Crippen LogP contribution in [-0.2, 0) is 22.9 Å². The molecule has 2 aromatic rings. The Bertz CT molecular complexity index is 818. The smallest absolute Gasteiger partial charge is 0.352 e. The summed E-state index contributed by atoms with van der Waals surface area (Å²) in [5, 5.41) is 10.4. The maximum absolute atomic E-state index is 14.6. The number of alkyl halides is 2. The van der Waals surface area contributed by atoms with Crippen molar-refractivity contribution in [3.63, 3.8) is 0 Å². The van der Waals surface area contributed by atoms with Crippen LogP contribution in [0.15, 0.2) is 36.4 Å². The first-order valence-corrected chi connectivity index (χ1v) is 7.67. The third-order valence-corrected chi connectivity index (χ3v) is 4.12. The summed E-state index contributed by atoms with van der Waals surface area (Å²) in [5.41, 5.74) is -1.46. The van der Waals surface area contributed by atoms with Crippen LogP contribution in [0.4, 0.5) is 14.5 Å². The van der Waals surface area contributed by atoms with E-state index in [1.165, 1.54) is 26.0 Å². The number of hydrogen-bond acceptors (Lipinski definition) is 3. The topological polar surface area (TPSA) is 53.4 Å². The first-order valence-electron chi connectivity index (χ1n) is 7.30. The van der Waals surface area contributed by atoms with E-state index in [-0.39, 0.29) is 22.9 Å². The SMILES string of the molecule is CC(C)(O)c1cccc2c1C(F)(F)C(=O)N2Cc1cccc(Cl)n1. The molecule has 4 nitrogen and oxygen atoms in total. The Kier molecular flexibility index (Phi) is 3.85. The summed E-state index contributed by atoms with van der Waals surface area (Å²) in [7, 11) is 0. The molecule has 0 aliphatic carbocycles. The number of aliphatic hydroxyl groups is 1. The summed E-state index contributed by atoms with van der Waals surface area (Å²) in [5.74, 6) is -5.04. The summed E-state index contributed by atoms with van der Waals surface area (Å²) in [4.78, 5) is 17.3. The number of carbonyl (C=O) groups excluding carboxylic acids is 1.